The van der Waals surface area contributed by atoms with Crippen LogP contribution in [0, 0.1) is 46.8 Å². The van der Waals surface area contributed by atoms with Gasteiger partial charge >= 0.3 is 0 Å². The molecule has 8 unspecified atom stereocenters. The van der Waals surface area contributed by atoms with Gasteiger partial charge in [0.1, 0.15) is 0 Å². The van der Waals surface area contributed by atoms with Gasteiger partial charge in [-0.1, -0.05) is 137 Å². The zero-order valence-electron chi connectivity index (χ0n) is 28.0. The molecule has 0 aromatic rings. The zero-order chi connectivity index (χ0) is 29.6. The summed E-state index contributed by atoms with van der Waals surface area (Å²) in [6, 6.07) is 0. The molecule has 0 saturated heterocycles. The molecule has 1 heteroatoms. The summed E-state index contributed by atoms with van der Waals surface area (Å²) in [5, 5.41) is 0.596. The van der Waals surface area contributed by atoms with Crippen molar-refractivity contribution in [1.82, 2.24) is 0 Å². The van der Waals surface area contributed by atoms with Gasteiger partial charge in [-0.2, -0.15) is 11.8 Å². The lowest BCUT2D eigenvalue weighted by Gasteiger charge is -2.45. The maximum absolute atomic E-state index is 4.70. The van der Waals surface area contributed by atoms with E-state index >= 15 is 0 Å². The summed E-state index contributed by atoms with van der Waals surface area (Å²) in [5.74, 6) is 4.26. The molecular formula is C37H68S. The summed E-state index contributed by atoms with van der Waals surface area (Å²) in [6.45, 7) is 40.0. The molecule has 0 rings (SSSR count). The van der Waals surface area contributed by atoms with Gasteiger partial charge in [-0.3, -0.25) is 0 Å². The van der Waals surface area contributed by atoms with Crippen LogP contribution in [0.25, 0.3) is 0 Å². The van der Waals surface area contributed by atoms with Crippen LogP contribution in [0.4, 0.5) is 0 Å². The Hall–Kier alpha value is -0.690. The van der Waals surface area contributed by atoms with Gasteiger partial charge in [0.05, 0.1) is 0 Å². The summed E-state index contributed by atoms with van der Waals surface area (Å²) >= 11 is 2.10. The van der Waals surface area contributed by atoms with Crippen LogP contribution in [0.1, 0.15) is 128 Å². The summed E-state index contributed by atoms with van der Waals surface area (Å²) < 4.78 is 0. The van der Waals surface area contributed by atoms with Gasteiger partial charge in [-0.15, -0.1) is 0 Å². The van der Waals surface area contributed by atoms with Gasteiger partial charge in [0.2, 0.25) is 0 Å². The van der Waals surface area contributed by atoms with Crippen molar-refractivity contribution in [1.29, 1.82) is 0 Å². The third kappa shape index (κ3) is 11.8. The smallest absolute Gasteiger partial charge is 0.0104 e. The largest absolute Gasteiger partial charge is 0.161 e. The van der Waals surface area contributed by atoms with Gasteiger partial charge in [0, 0.05) is 5.25 Å². The molecule has 0 radical (unpaired) electrons. The SMILES string of the molecule is C=C(CC)CC(CC(=C)C(C)C(CC)CCC)C(C)C(SC)C(C)C(C)(CC(=C)C(C)/C=C/C)CC(C)C. The predicted octanol–water partition coefficient (Wildman–Crippen LogP) is 12.6. The van der Waals surface area contributed by atoms with Crippen molar-refractivity contribution in [3.8, 4) is 0 Å². The second-order valence-electron chi connectivity index (χ2n) is 13.4. The number of thioether (sulfide) groups is 1. The van der Waals surface area contributed by atoms with E-state index in [1.54, 1.807) is 0 Å². The minimum absolute atomic E-state index is 0.230. The first-order valence-corrected chi connectivity index (χ1v) is 17.2. The van der Waals surface area contributed by atoms with E-state index in [1.165, 1.54) is 42.4 Å². The second kappa shape index (κ2) is 18.6. The van der Waals surface area contributed by atoms with Crippen molar-refractivity contribution < 1.29 is 0 Å². The van der Waals surface area contributed by atoms with E-state index in [2.05, 4.69) is 119 Å². The topological polar surface area (TPSA) is 0 Å². The maximum atomic E-state index is 4.70. The average molecular weight is 545 g/mol. The van der Waals surface area contributed by atoms with E-state index in [4.69, 9.17) is 6.58 Å². The summed E-state index contributed by atoms with van der Waals surface area (Å²) in [5.41, 5.74) is 4.48. The molecule has 0 aromatic carbocycles. The molecule has 0 amide bonds. The molecule has 0 aromatic heterocycles. The minimum Gasteiger partial charge on any atom is -0.161 e. The Balaban J connectivity index is 6.16. The van der Waals surface area contributed by atoms with Crippen molar-refractivity contribution >= 4 is 11.8 Å². The highest BCUT2D eigenvalue weighted by Gasteiger charge is 2.41. The minimum atomic E-state index is 0.230. The molecule has 0 spiro atoms. The molecule has 0 bridgehead atoms. The van der Waals surface area contributed by atoms with E-state index < -0.39 is 0 Å². The van der Waals surface area contributed by atoms with Crippen LogP contribution in [0.2, 0.25) is 0 Å². The Labute approximate surface area is 245 Å². The van der Waals surface area contributed by atoms with Crippen LogP contribution in [0.15, 0.2) is 48.6 Å². The number of hydrogen-bond acceptors (Lipinski definition) is 1. The number of rotatable bonds is 21. The summed E-state index contributed by atoms with van der Waals surface area (Å²) in [7, 11) is 0. The molecule has 0 saturated carbocycles. The molecule has 0 N–H and O–H groups in total. The number of allylic oxidation sites excluding steroid dienone is 5. The van der Waals surface area contributed by atoms with Crippen LogP contribution >= 0.6 is 11.8 Å². The van der Waals surface area contributed by atoms with Crippen molar-refractivity contribution in [2.75, 3.05) is 6.26 Å². The van der Waals surface area contributed by atoms with Gasteiger partial charge < -0.3 is 0 Å². The number of hydrogen-bond donors (Lipinski definition) is 0. The summed E-state index contributed by atoms with van der Waals surface area (Å²) in [4.78, 5) is 0. The Morgan fingerprint density at radius 1 is 0.895 bits per heavy atom. The highest BCUT2D eigenvalue weighted by Crippen LogP contribution is 2.49. The van der Waals surface area contributed by atoms with Crippen LogP contribution in [-0.2, 0) is 0 Å². The lowest BCUT2D eigenvalue weighted by Crippen LogP contribution is -2.40. The van der Waals surface area contributed by atoms with Gasteiger partial charge in [0.15, 0.2) is 0 Å². The third-order valence-electron chi connectivity index (χ3n) is 9.87. The molecule has 8 atom stereocenters. The Bertz CT molecular complexity index is 727. The monoisotopic (exact) mass is 545 g/mol. The van der Waals surface area contributed by atoms with Crippen LogP contribution < -0.4 is 0 Å². The van der Waals surface area contributed by atoms with Crippen molar-refractivity contribution in [3.63, 3.8) is 0 Å². The van der Waals surface area contributed by atoms with E-state index in [0.29, 0.717) is 40.8 Å². The van der Waals surface area contributed by atoms with Crippen molar-refractivity contribution in [2.24, 2.45) is 46.8 Å². The van der Waals surface area contributed by atoms with Gasteiger partial charge in [0.25, 0.3) is 0 Å². The molecule has 0 aliphatic carbocycles. The lowest BCUT2D eigenvalue weighted by atomic mass is 9.64. The fourth-order valence-electron chi connectivity index (χ4n) is 6.99. The normalized spacial score (nSPS) is 19.4. The third-order valence-corrected chi connectivity index (χ3v) is 11.2. The average Bonchev–Trinajstić information content (AvgIpc) is 2.85. The van der Waals surface area contributed by atoms with Gasteiger partial charge in [-0.05, 0) is 92.1 Å². The second-order valence-corrected chi connectivity index (χ2v) is 14.4. The molecular weight excluding hydrogens is 476 g/mol. The fraction of sp³-hybridized carbons (Fsp3) is 0.784. The van der Waals surface area contributed by atoms with Crippen molar-refractivity contribution in [3.05, 3.63) is 48.6 Å². The lowest BCUT2D eigenvalue weighted by molar-refractivity contribution is 0.126. The first-order valence-electron chi connectivity index (χ1n) is 15.9. The van der Waals surface area contributed by atoms with Gasteiger partial charge in [-0.25, -0.2) is 0 Å². The highest BCUT2D eigenvalue weighted by molar-refractivity contribution is 7.99. The first kappa shape index (κ1) is 37.3. The van der Waals surface area contributed by atoms with Crippen molar-refractivity contribution in [2.45, 2.75) is 133 Å². The van der Waals surface area contributed by atoms with E-state index in [-0.39, 0.29) is 5.41 Å². The van der Waals surface area contributed by atoms with E-state index in [1.807, 2.05) is 0 Å². The highest BCUT2D eigenvalue weighted by atomic mass is 32.2. The molecule has 0 aliphatic rings. The Kier molecular flexibility index (Phi) is 18.3. The molecule has 0 aliphatic heterocycles. The quantitative estimate of drug-likeness (QED) is 0.129. The molecule has 38 heavy (non-hydrogen) atoms. The zero-order valence-corrected chi connectivity index (χ0v) is 28.8. The predicted molar refractivity (Wildman–Crippen MR) is 180 cm³/mol. The van der Waals surface area contributed by atoms with E-state index in [9.17, 15) is 0 Å². The maximum Gasteiger partial charge on any atom is 0.0104 e. The van der Waals surface area contributed by atoms with E-state index in [0.717, 1.165) is 31.6 Å². The summed E-state index contributed by atoms with van der Waals surface area (Å²) in [6.07, 6.45) is 16.3. The molecule has 0 nitrogen and oxygen atoms in total. The standard InChI is InChI=1S/C37H68S/c1-16-20-28(8)30(10)25-37(14,24-26(5)6)33(13)36(38-15)32(12)35(22-27(7)18-3)23-29(9)31(11)34(19-4)21-17-2/h16,20,26,28,31-36H,7,9-10,17-19,21-25H2,1-6,8,11-15H3/b20-16+. The van der Waals surface area contributed by atoms with Crippen LogP contribution in [0.3, 0.4) is 0 Å². The van der Waals surface area contributed by atoms with Crippen LogP contribution in [-0.4, -0.2) is 11.5 Å². The molecule has 0 heterocycles. The Morgan fingerprint density at radius 3 is 1.95 bits per heavy atom. The van der Waals surface area contributed by atoms with Crippen LogP contribution in [0.5, 0.6) is 0 Å². The molecule has 0 fully saturated rings. The fourth-order valence-corrected chi connectivity index (χ4v) is 8.38. The first-order chi connectivity index (χ1) is 17.7. The Morgan fingerprint density at radius 2 is 1.50 bits per heavy atom. The molecule has 222 valence electrons.